The van der Waals surface area contributed by atoms with Gasteiger partial charge in [0.05, 0.1) is 13.2 Å². The van der Waals surface area contributed by atoms with Crippen molar-refractivity contribution >= 4 is 5.91 Å². The van der Waals surface area contributed by atoms with E-state index < -0.39 is 5.41 Å². The molecule has 0 spiro atoms. The molecule has 3 heterocycles. The van der Waals surface area contributed by atoms with Crippen molar-refractivity contribution in [3.63, 3.8) is 0 Å². The van der Waals surface area contributed by atoms with E-state index in [0.717, 1.165) is 18.4 Å². The summed E-state index contributed by atoms with van der Waals surface area (Å²) >= 11 is 0. The third-order valence-corrected chi connectivity index (χ3v) is 6.49. The number of aryl methyl sites for hydroxylation is 3. The Morgan fingerprint density at radius 3 is 2.79 bits per heavy atom. The topological polar surface area (TPSA) is 71.8 Å². The molecule has 4 rings (SSSR count). The van der Waals surface area contributed by atoms with Crippen LogP contribution in [0.2, 0.25) is 0 Å². The number of hydrogen-bond acceptors (Lipinski definition) is 4. The molecule has 2 atom stereocenters. The van der Waals surface area contributed by atoms with E-state index in [-0.39, 0.29) is 29.6 Å². The number of hydrogen-bond donors (Lipinski definition) is 1. The van der Waals surface area contributed by atoms with Crippen LogP contribution in [0.1, 0.15) is 27.9 Å². The van der Waals surface area contributed by atoms with E-state index in [2.05, 4.69) is 0 Å². The molecular weight excluding hydrogens is 368 g/mol. The first-order chi connectivity index (χ1) is 14.0. The minimum absolute atomic E-state index is 0.00345. The molecule has 0 radical (unpaired) electrons. The largest absolute Gasteiger partial charge is 0.396 e. The summed E-state index contributed by atoms with van der Waals surface area (Å²) in [7, 11) is 0. The molecule has 2 saturated heterocycles. The van der Waals surface area contributed by atoms with Crippen LogP contribution < -0.4 is 5.56 Å². The van der Waals surface area contributed by atoms with E-state index in [1.165, 1.54) is 0 Å². The highest BCUT2D eigenvalue weighted by molar-refractivity contribution is 5.95. The molecule has 0 unspecified atom stereocenters. The lowest BCUT2D eigenvalue weighted by molar-refractivity contribution is -0.0557. The Hall–Kier alpha value is -2.44. The molecule has 6 heteroatoms. The van der Waals surface area contributed by atoms with Crippen LogP contribution in [0.3, 0.4) is 0 Å². The van der Waals surface area contributed by atoms with Crippen LogP contribution in [0.15, 0.2) is 47.4 Å². The number of fused-ring (bicyclic) bond motifs is 1. The third-order valence-electron chi connectivity index (χ3n) is 6.49. The Labute approximate surface area is 170 Å². The molecule has 0 bridgehead atoms. The van der Waals surface area contributed by atoms with Crippen molar-refractivity contribution in [2.75, 3.05) is 32.9 Å². The second kappa shape index (κ2) is 8.13. The molecule has 29 heavy (non-hydrogen) atoms. The summed E-state index contributed by atoms with van der Waals surface area (Å²) in [4.78, 5) is 28.2. The predicted octanol–water partition coefficient (Wildman–Crippen LogP) is 1.87. The third kappa shape index (κ3) is 3.74. The fourth-order valence-corrected chi connectivity index (χ4v) is 4.63. The second-order valence-corrected chi connectivity index (χ2v) is 8.35. The number of carbonyl (C=O) groups is 1. The molecule has 1 aromatic heterocycles. The summed E-state index contributed by atoms with van der Waals surface area (Å²) in [6.45, 7) is 4.46. The molecule has 0 saturated carbocycles. The molecule has 6 nitrogen and oxygen atoms in total. The Balaban J connectivity index is 1.56. The van der Waals surface area contributed by atoms with E-state index in [1.807, 2.05) is 43.3 Å². The predicted molar refractivity (Wildman–Crippen MR) is 110 cm³/mol. The number of benzene rings is 1. The fraction of sp³-hybridized carbons (Fsp3) is 0.478. The van der Waals surface area contributed by atoms with Gasteiger partial charge in [-0.15, -0.1) is 0 Å². The van der Waals surface area contributed by atoms with Crippen molar-refractivity contribution in [1.29, 1.82) is 0 Å². The number of nitrogens with zero attached hydrogens (tertiary/aromatic N) is 2. The highest BCUT2D eigenvalue weighted by atomic mass is 16.5. The first kappa shape index (κ1) is 19.9. The second-order valence-electron chi connectivity index (χ2n) is 8.35. The number of aliphatic hydroxyl groups excluding tert-OH is 1. The minimum atomic E-state index is -0.400. The van der Waals surface area contributed by atoms with Crippen LogP contribution in [0.5, 0.6) is 0 Å². The van der Waals surface area contributed by atoms with Crippen molar-refractivity contribution in [3.05, 3.63) is 69.6 Å². The summed E-state index contributed by atoms with van der Waals surface area (Å²) in [5.41, 5.74) is 1.45. The van der Waals surface area contributed by atoms with Gasteiger partial charge < -0.3 is 19.3 Å². The molecule has 154 valence electrons. The van der Waals surface area contributed by atoms with E-state index in [1.54, 1.807) is 15.7 Å². The number of aliphatic hydroxyl groups is 1. The van der Waals surface area contributed by atoms with E-state index >= 15 is 0 Å². The Bertz CT molecular complexity index is 940. The standard InChI is InChI=1S/C23H28N2O4/c1-17-7-10-24(11-8-18-5-3-2-4-6-18)21(27)20(17)22(28)25-13-19-9-12-29-16-23(19,14-25)15-26/h2-7,10,19,26H,8-9,11-16H2,1H3/t19-,23+/m0/s1. The molecular formula is C23H28N2O4. The average Bonchev–Trinajstić information content (AvgIpc) is 3.14. The molecule has 1 amide bonds. The maximum atomic E-state index is 13.3. The number of likely N-dealkylation sites (tertiary alicyclic amines) is 1. The van der Waals surface area contributed by atoms with E-state index in [9.17, 15) is 14.7 Å². The molecule has 2 aromatic rings. The van der Waals surface area contributed by atoms with Crippen LogP contribution in [0.4, 0.5) is 0 Å². The van der Waals surface area contributed by atoms with Crippen LogP contribution in [-0.2, 0) is 17.7 Å². The number of pyridine rings is 1. The van der Waals surface area contributed by atoms with Crippen molar-refractivity contribution in [1.82, 2.24) is 9.47 Å². The highest BCUT2D eigenvalue weighted by Gasteiger charge is 2.49. The quantitative estimate of drug-likeness (QED) is 0.838. The van der Waals surface area contributed by atoms with Crippen molar-refractivity contribution < 1.29 is 14.6 Å². The van der Waals surface area contributed by atoms with Crippen LogP contribution in [0, 0.1) is 18.3 Å². The minimum Gasteiger partial charge on any atom is -0.396 e. The summed E-state index contributed by atoms with van der Waals surface area (Å²) < 4.78 is 7.21. The van der Waals surface area contributed by atoms with Gasteiger partial charge in [0.15, 0.2) is 0 Å². The number of amides is 1. The van der Waals surface area contributed by atoms with Crippen LogP contribution in [-0.4, -0.2) is 53.4 Å². The van der Waals surface area contributed by atoms with Gasteiger partial charge in [0.1, 0.15) is 5.56 Å². The van der Waals surface area contributed by atoms with Crippen molar-refractivity contribution in [2.45, 2.75) is 26.3 Å². The number of rotatable bonds is 5. The van der Waals surface area contributed by atoms with Crippen molar-refractivity contribution in [3.8, 4) is 0 Å². The van der Waals surface area contributed by atoms with Gasteiger partial charge in [0, 0.05) is 37.9 Å². The molecule has 2 aliphatic heterocycles. The SMILES string of the molecule is Cc1ccn(CCc2ccccc2)c(=O)c1C(=O)N1C[C@@H]2CCOC[C@]2(CO)C1. The van der Waals surface area contributed by atoms with Gasteiger partial charge in [-0.3, -0.25) is 9.59 Å². The lowest BCUT2D eigenvalue weighted by atomic mass is 9.76. The van der Waals surface area contributed by atoms with Gasteiger partial charge in [-0.1, -0.05) is 30.3 Å². The van der Waals surface area contributed by atoms with Gasteiger partial charge >= 0.3 is 0 Å². The average molecular weight is 396 g/mol. The zero-order valence-electron chi connectivity index (χ0n) is 16.8. The molecule has 2 fully saturated rings. The lowest BCUT2D eigenvalue weighted by Gasteiger charge is -2.36. The van der Waals surface area contributed by atoms with Gasteiger partial charge in [-0.2, -0.15) is 0 Å². The fourth-order valence-electron chi connectivity index (χ4n) is 4.63. The summed E-state index contributed by atoms with van der Waals surface area (Å²) in [5, 5.41) is 9.97. The molecule has 2 aliphatic rings. The van der Waals surface area contributed by atoms with Gasteiger partial charge in [-0.05, 0) is 42.9 Å². The van der Waals surface area contributed by atoms with E-state index in [0.29, 0.717) is 38.4 Å². The number of carbonyl (C=O) groups excluding carboxylic acids is 1. The number of aromatic nitrogens is 1. The van der Waals surface area contributed by atoms with Gasteiger partial charge in [0.2, 0.25) is 0 Å². The monoisotopic (exact) mass is 396 g/mol. The molecule has 1 N–H and O–H groups in total. The highest BCUT2D eigenvalue weighted by Crippen LogP contribution is 2.41. The zero-order valence-corrected chi connectivity index (χ0v) is 16.8. The summed E-state index contributed by atoms with van der Waals surface area (Å²) in [5.74, 6) is -0.0155. The lowest BCUT2D eigenvalue weighted by Crippen LogP contribution is -2.43. The molecule has 0 aliphatic carbocycles. The number of ether oxygens (including phenoxy) is 1. The Morgan fingerprint density at radius 1 is 1.28 bits per heavy atom. The van der Waals surface area contributed by atoms with Gasteiger partial charge in [0.25, 0.3) is 11.5 Å². The normalized spacial score (nSPS) is 23.8. The maximum Gasteiger partial charge on any atom is 0.263 e. The summed E-state index contributed by atoms with van der Waals surface area (Å²) in [6, 6.07) is 11.8. The first-order valence-electron chi connectivity index (χ1n) is 10.3. The van der Waals surface area contributed by atoms with Crippen LogP contribution >= 0.6 is 0 Å². The maximum absolute atomic E-state index is 13.3. The van der Waals surface area contributed by atoms with Crippen LogP contribution in [0.25, 0.3) is 0 Å². The Morgan fingerprint density at radius 2 is 2.07 bits per heavy atom. The van der Waals surface area contributed by atoms with E-state index in [4.69, 9.17) is 4.74 Å². The summed E-state index contributed by atoms with van der Waals surface area (Å²) in [6.07, 6.45) is 3.33. The smallest absolute Gasteiger partial charge is 0.263 e. The Kier molecular flexibility index (Phi) is 5.56. The molecule has 1 aromatic carbocycles. The van der Waals surface area contributed by atoms with Crippen molar-refractivity contribution in [2.24, 2.45) is 11.3 Å². The first-order valence-corrected chi connectivity index (χ1v) is 10.3. The zero-order chi connectivity index (χ0) is 20.4. The van der Waals surface area contributed by atoms with Gasteiger partial charge in [-0.25, -0.2) is 0 Å².